The highest BCUT2D eigenvalue weighted by Gasteiger charge is 2.14. The van der Waals surface area contributed by atoms with Gasteiger partial charge < -0.3 is 15.4 Å². The summed E-state index contributed by atoms with van der Waals surface area (Å²) in [6.45, 7) is 1.94. The van der Waals surface area contributed by atoms with E-state index in [1.165, 1.54) is 6.20 Å². The molecule has 1 aromatic heterocycles. The Bertz CT molecular complexity index is 382. The van der Waals surface area contributed by atoms with Crippen molar-refractivity contribution in [2.45, 2.75) is 25.9 Å². The van der Waals surface area contributed by atoms with Crippen LogP contribution in [0.3, 0.4) is 0 Å². The molecule has 0 aliphatic heterocycles. The number of hydrogen-bond donors (Lipinski definition) is 1. The summed E-state index contributed by atoms with van der Waals surface area (Å²) in [5, 5.41) is 0. The Hall–Kier alpha value is -1.62. The molecule has 5 nitrogen and oxygen atoms in total. The minimum absolute atomic E-state index is 0.0202. The first-order valence-electron chi connectivity index (χ1n) is 5.55. The number of nitrogen functional groups attached to an aromatic ring is 1. The third kappa shape index (κ3) is 3.71. The average molecular weight is 237 g/mol. The summed E-state index contributed by atoms with van der Waals surface area (Å²) in [6, 6.07) is 1.73. The highest BCUT2D eigenvalue weighted by molar-refractivity contribution is 5.95. The van der Waals surface area contributed by atoms with Crippen LogP contribution in [0, 0.1) is 0 Å². The number of hydrogen-bond acceptors (Lipinski definition) is 4. The molecule has 0 aliphatic carbocycles. The van der Waals surface area contributed by atoms with Crippen LogP contribution in [0.5, 0.6) is 0 Å². The molecule has 1 amide bonds. The number of carbonyl (C=O) groups is 1. The van der Waals surface area contributed by atoms with Gasteiger partial charge in [-0.3, -0.25) is 9.78 Å². The Labute approximate surface area is 102 Å². The fourth-order valence-corrected chi connectivity index (χ4v) is 1.45. The van der Waals surface area contributed by atoms with E-state index in [4.69, 9.17) is 10.5 Å². The average Bonchev–Trinajstić information content (AvgIpc) is 2.35. The van der Waals surface area contributed by atoms with Crippen molar-refractivity contribution in [3.8, 4) is 0 Å². The van der Waals surface area contributed by atoms with E-state index < -0.39 is 0 Å². The topological polar surface area (TPSA) is 68.5 Å². The van der Waals surface area contributed by atoms with Crippen LogP contribution in [0.15, 0.2) is 18.5 Å². The van der Waals surface area contributed by atoms with Crippen LogP contribution in [-0.2, 0) is 9.53 Å². The van der Waals surface area contributed by atoms with E-state index >= 15 is 0 Å². The van der Waals surface area contributed by atoms with Crippen molar-refractivity contribution in [2.24, 2.45) is 0 Å². The van der Waals surface area contributed by atoms with Gasteiger partial charge in [0.05, 0.1) is 23.7 Å². The molecule has 0 saturated heterocycles. The van der Waals surface area contributed by atoms with E-state index in [1.807, 2.05) is 6.92 Å². The van der Waals surface area contributed by atoms with Gasteiger partial charge in [0.1, 0.15) is 0 Å². The first-order chi connectivity index (χ1) is 8.06. The van der Waals surface area contributed by atoms with E-state index in [2.05, 4.69) is 4.98 Å². The standard InChI is InChI=1S/C12H19N3O2/c1-9(17-3)4-5-12(16)15(2)11-6-7-14-8-10(11)13/h6-9H,4-5,13H2,1-3H3. The van der Waals surface area contributed by atoms with Gasteiger partial charge >= 0.3 is 0 Å². The zero-order chi connectivity index (χ0) is 12.8. The molecule has 0 aromatic carbocycles. The maximum atomic E-state index is 11.9. The predicted molar refractivity (Wildman–Crippen MR) is 67.8 cm³/mol. The molecule has 5 heteroatoms. The lowest BCUT2D eigenvalue weighted by Gasteiger charge is -2.19. The number of nitrogens with two attached hydrogens (primary N) is 1. The zero-order valence-corrected chi connectivity index (χ0v) is 10.5. The van der Waals surface area contributed by atoms with E-state index in [0.717, 1.165) is 0 Å². The number of carbonyl (C=O) groups excluding carboxylic acids is 1. The second kappa shape index (κ2) is 6.20. The SMILES string of the molecule is COC(C)CCC(=O)N(C)c1ccncc1N. The summed E-state index contributed by atoms with van der Waals surface area (Å²) in [6.07, 6.45) is 4.38. The third-order valence-corrected chi connectivity index (χ3v) is 2.73. The van der Waals surface area contributed by atoms with Crippen molar-refractivity contribution in [1.29, 1.82) is 0 Å². The van der Waals surface area contributed by atoms with Crippen molar-refractivity contribution in [1.82, 2.24) is 4.98 Å². The van der Waals surface area contributed by atoms with Crippen LogP contribution in [0.2, 0.25) is 0 Å². The number of rotatable bonds is 5. The van der Waals surface area contributed by atoms with Crippen molar-refractivity contribution in [2.75, 3.05) is 24.8 Å². The highest BCUT2D eigenvalue weighted by Crippen LogP contribution is 2.20. The van der Waals surface area contributed by atoms with Gasteiger partial charge in [-0.05, 0) is 19.4 Å². The normalized spacial score (nSPS) is 12.2. The molecule has 1 aromatic rings. The largest absolute Gasteiger partial charge is 0.396 e. The Kier molecular flexibility index (Phi) is 4.90. The first kappa shape index (κ1) is 13.4. The van der Waals surface area contributed by atoms with Gasteiger partial charge in [-0.1, -0.05) is 0 Å². The lowest BCUT2D eigenvalue weighted by molar-refractivity contribution is -0.118. The molecule has 1 rings (SSSR count). The lowest BCUT2D eigenvalue weighted by Crippen LogP contribution is -2.27. The molecule has 0 bridgehead atoms. The predicted octanol–water partition coefficient (Wildman–Crippen LogP) is 1.44. The lowest BCUT2D eigenvalue weighted by atomic mass is 10.2. The van der Waals surface area contributed by atoms with Crippen LogP contribution >= 0.6 is 0 Å². The smallest absolute Gasteiger partial charge is 0.226 e. The van der Waals surface area contributed by atoms with E-state index in [-0.39, 0.29) is 12.0 Å². The fraction of sp³-hybridized carbons (Fsp3) is 0.500. The van der Waals surface area contributed by atoms with Crippen molar-refractivity contribution in [3.05, 3.63) is 18.5 Å². The molecular formula is C12H19N3O2. The monoisotopic (exact) mass is 237 g/mol. The Morgan fingerprint density at radius 3 is 2.94 bits per heavy atom. The Balaban J connectivity index is 2.61. The molecule has 1 unspecified atom stereocenters. The second-order valence-corrected chi connectivity index (χ2v) is 3.97. The van der Waals surface area contributed by atoms with Crippen molar-refractivity contribution >= 4 is 17.3 Å². The molecule has 0 spiro atoms. The molecule has 17 heavy (non-hydrogen) atoms. The maximum Gasteiger partial charge on any atom is 0.226 e. The van der Waals surface area contributed by atoms with E-state index in [1.54, 1.807) is 31.3 Å². The molecule has 94 valence electrons. The van der Waals surface area contributed by atoms with Crippen LogP contribution in [0.4, 0.5) is 11.4 Å². The van der Waals surface area contributed by atoms with Gasteiger partial charge in [0, 0.05) is 26.8 Å². The minimum atomic E-state index is 0.0202. The van der Waals surface area contributed by atoms with Gasteiger partial charge in [0.2, 0.25) is 5.91 Å². The van der Waals surface area contributed by atoms with Crippen LogP contribution in [-0.4, -0.2) is 31.2 Å². The molecule has 0 saturated carbocycles. The summed E-state index contributed by atoms with van der Waals surface area (Å²) in [7, 11) is 3.35. The number of pyridine rings is 1. The van der Waals surface area contributed by atoms with Crippen molar-refractivity contribution in [3.63, 3.8) is 0 Å². The Morgan fingerprint density at radius 1 is 1.65 bits per heavy atom. The van der Waals surface area contributed by atoms with Crippen LogP contribution in [0.25, 0.3) is 0 Å². The number of anilines is 2. The van der Waals surface area contributed by atoms with E-state index in [9.17, 15) is 4.79 Å². The quantitative estimate of drug-likeness (QED) is 0.841. The second-order valence-electron chi connectivity index (χ2n) is 3.97. The van der Waals surface area contributed by atoms with Gasteiger partial charge in [-0.2, -0.15) is 0 Å². The highest BCUT2D eigenvalue weighted by atomic mass is 16.5. The minimum Gasteiger partial charge on any atom is -0.396 e. The first-order valence-corrected chi connectivity index (χ1v) is 5.55. The number of methoxy groups -OCH3 is 1. The van der Waals surface area contributed by atoms with Gasteiger partial charge in [0.25, 0.3) is 0 Å². The summed E-state index contributed by atoms with van der Waals surface area (Å²) in [5.41, 5.74) is 6.95. The summed E-state index contributed by atoms with van der Waals surface area (Å²) in [4.78, 5) is 17.4. The molecular weight excluding hydrogens is 218 g/mol. The molecule has 1 heterocycles. The molecule has 0 aliphatic rings. The molecule has 2 N–H and O–H groups in total. The summed E-state index contributed by atoms with van der Waals surface area (Å²) >= 11 is 0. The summed E-state index contributed by atoms with van der Waals surface area (Å²) in [5.74, 6) is 0.0202. The van der Waals surface area contributed by atoms with Crippen LogP contribution in [0.1, 0.15) is 19.8 Å². The number of aromatic nitrogens is 1. The van der Waals surface area contributed by atoms with Gasteiger partial charge in [-0.15, -0.1) is 0 Å². The van der Waals surface area contributed by atoms with Crippen molar-refractivity contribution < 1.29 is 9.53 Å². The van der Waals surface area contributed by atoms with E-state index in [0.29, 0.717) is 24.2 Å². The van der Waals surface area contributed by atoms with Crippen LogP contribution < -0.4 is 10.6 Å². The molecule has 1 atom stereocenters. The number of ether oxygens (including phenoxy) is 1. The maximum absolute atomic E-state index is 11.9. The van der Waals surface area contributed by atoms with Gasteiger partial charge in [-0.25, -0.2) is 0 Å². The number of nitrogens with zero attached hydrogens (tertiary/aromatic N) is 2. The number of amides is 1. The Morgan fingerprint density at radius 2 is 2.35 bits per heavy atom. The third-order valence-electron chi connectivity index (χ3n) is 2.73. The fourth-order valence-electron chi connectivity index (χ4n) is 1.45. The zero-order valence-electron chi connectivity index (χ0n) is 10.5. The molecule has 0 fully saturated rings. The van der Waals surface area contributed by atoms with Gasteiger partial charge in [0.15, 0.2) is 0 Å². The molecule has 0 radical (unpaired) electrons. The summed E-state index contributed by atoms with van der Waals surface area (Å²) < 4.78 is 5.10.